The normalized spacial score (nSPS) is 25.3. The van der Waals surface area contributed by atoms with Gasteiger partial charge in [0, 0.05) is 12.1 Å². The molecule has 0 radical (unpaired) electrons. The lowest BCUT2D eigenvalue weighted by molar-refractivity contribution is 0.217. The highest BCUT2D eigenvalue weighted by Gasteiger charge is 2.27. The Balaban J connectivity index is 1.93. The Labute approximate surface area is 106 Å². The van der Waals surface area contributed by atoms with Gasteiger partial charge in [-0.3, -0.25) is 0 Å². The molecule has 0 amide bonds. The minimum absolute atomic E-state index is 0.564. The summed E-state index contributed by atoms with van der Waals surface area (Å²) in [5, 5.41) is 3.83. The van der Waals surface area contributed by atoms with Crippen molar-refractivity contribution in [3.05, 3.63) is 35.9 Å². The van der Waals surface area contributed by atoms with Crippen LogP contribution in [0.15, 0.2) is 30.3 Å². The topological polar surface area (TPSA) is 12.0 Å². The maximum Gasteiger partial charge on any atom is 0.0322 e. The molecule has 1 unspecified atom stereocenters. The number of benzene rings is 1. The maximum absolute atomic E-state index is 3.83. The van der Waals surface area contributed by atoms with Gasteiger partial charge in [0.05, 0.1) is 0 Å². The fraction of sp³-hybridized carbons (Fsp3) is 0.625. The lowest BCUT2D eigenvalue weighted by Crippen LogP contribution is -2.42. The molecule has 1 aromatic rings. The zero-order valence-corrected chi connectivity index (χ0v) is 11.2. The molecule has 1 atom stereocenters. The van der Waals surface area contributed by atoms with Gasteiger partial charge < -0.3 is 5.32 Å². The van der Waals surface area contributed by atoms with Crippen molar-refractivity contribution in [3.63, 3.8) is 0 Å². The summed E-state index contributed by atoms with van der Waals surface area (Å²) in [6, 6.07) is 12.2. The van der Waals surface area contributed by atoms with Crippen LogP contribution < -0.4 is 5.32 Å². The first-order valence-electron chi connectivity index (χ1n) is 7.10. The lowest BCUT2D eigenvalue weighted by atomic mass is 9.81. The molecule has 1 N–H and O–H groups in total. The lowest BCUT2D eigenvalue weighted by Gasteiger charge is -2.37. The van der Waals surface area contributed by atoms with Gasteiger partial charge in [0.2, 0.25) is 0 Å². The van der Waals surface area contributed by atoms with E-state index < -0.39 is 0 Å². The molecule has 1 nitrogen and oxygen atoms in total. The van der Waals surface area contributed by atoms with E-state index in [-0.39, 0.29) is 0 Å². The molecule has 1 aliphatic rings. The fourth-order valence-electron chi connectivity index (χ4n) is 2.76. The van der Waals surface area contributed by atoms with Crippen LogP contribution in [0.4, 0.5) is 0 Å². The first kappa shape index (κ1) is 12.6. The number of hydrogen-bond acceptors (Lipinski definition) is 1. The molecular formula is C16H25N. The van der Waals surface area contributed by atoms with E-state index in [0.29, 0.717) is 6.04 Å². The first-order valence-corrected chi connectivity index (χ1v) is 7.10. The maximum atomic E-state index is 3.83. The highest BCUT2D eigenvalue weighted by Crippen LogP contribution is 2.30. The summed E-state index contributed by atoms with van der Waals surface area (Å²) in [7, 11) is 0. The van der Waals surface area contributed by atoms with E-state index in [4.69, 9.17) is 0 Å². The van der Waals surface area contributed by atoms with E-state index >= 15 is 0 Å². The van der Waals surface area contributed by atoms with Crippen LogP contribution in [0.1, 0.15) is 57.6 Å². The second kappa shape index (κ2) is 6.20. The minimum atomic E-state index is 0.564. The van der Waals surface area contributed by atoms with E-state index in [1.807, 2.05) is 0 Å². The van der Waals surface area contributed by atoms with Gasteiger partial charge in [-0.15, -0.1) is 0 Å². The predicted molar refractivity (Wildman–Crippen MR) is 74.0 cm³/mol. The summed E-state index contributed by atoms with van der Waals surface area (Å²) < 4.78 is 0. The van der Waals surface area contributed by atoms with Crippen molar-refractivity contribution in [1.29, 1.82) is 0 Å². The number of hydrogen-bond donors (Lipinski definition) is 1. The molecule has 1 fully saturated rings. The predicted octanol–water partition coefficient (Wildman–Crippen LogP) is 4.31. The van der Waals surface area contributed by atoms with Gasteiger partial charge in [-0.05, 0) is 30.7 Å². The van der Waals surface area contributed by atoms with Gasteiger partial charge in [0.15, 0.2) is 0 Å². The highest BCUT2D eigenvalue weighted by atomic mass is 15.0. The smallest absolute Gasteiger partial charge is 0.0322 e. The third kappa shape index (κ3) is 3.57. The third-order valence-corrected chi connectivity index (χ3v) is 3.86. The van der Waals surface area contributed by atoms with Gasteiger partial charge >= 0.3 is 0 Å². The largest absolute Gasteiger partial charge is 0.307 e. The zero-order valence-electron chi connectivity index (χ0n) is 11.2. The summed E-state index contributed by atoms with van der Waals surface area (Å²) in [5.74, 6) is 0.926. The number of unbranched alkanes of at least 4 members (excludes halogenated alkanes) is 1. The van der Waals surface area contributed by atoms with Gasteiger partial charge in [-0.25, -0.2) is 0 Å². The average molecular weight is 231 g/mol. The van der Waals surface area contributed by atoms with Crippen LogP contribution in [0, 0.1) is 5.92 Å². The van der Waals surface area contributed by atoms with Gasteiger partial charge in [0.1, 0.15) is 0 Å². The molecule has 94 valence electrons. The molecule has 0 aromatic heterocycles. The van der Waals surface area contributed by atoms with Crippen molar-refractivity contribution in [1.82, 2.24) is 5.32 Å². The van der Waals surface area contributed by atoms with Gasteiger partial charge in [-0.2, -0.15) is 0 Å². The highest BCUT2D eigenvalue weighted by molar-refractivity contribution is 5.19. The Bertz CT molecular complexity index is 314. The van der Waals surface area contributed by atoms with Crippen LogP contribution in [0.25, 0.3) is 0 Å². The van der Waals surface area contributed by atoms with Crippen LogP contribution in [-0.4, -0.2) is 6.04 Å². The van der Waals surface area contributed by atoms with Crippen LogP contribution in [0.2, 0.25) is 0 Å². The average Bonchev–Trinajstić information content (AvgIpc) is 2.33. The fourth-order valence-corrected chi connectivity index (χ4v) is 2.76. The second-order valence-electron chi connectivity index (χ2n) is 5.55. The molecule has 1 aliphatic carbocycles. The molecular weight excluding hydrogens is 206 g/mol. The zero-order chi connectivity index (χ0) is 12.1. The molecule has 0 heterocycles. The Kier molecular flexibility index (Phi) is 4.61. The molecule has 1 aromatic carbocycles. The quantitative estimate of drug-likeness (QED) is 0.769. The van der Waals surface area contributed by atoms with Gasteiger partial charge in [-0.1, -0.05) is 57.0 Å². The summed E-state index contributed by atoms with van der Waals surface area (Å²) in [4.78, 5) is 0. The molecule has 17 heavy (non-hydrogen) atoms. The molecule has 0 aliphatic heterocycles. The monoisotopic (exact) mass is 231 g/mol. The molecule has 1 heteroatoms. The van der Waals surface area contributed by atoms with Crippen molar-refractivity contribution >= 4 is 0 Å². The Morgan fingerprint density at radius 1 is 1.24 bits per heavy atom. The summed E-state index contributed by atoms with van der Waals surface area (Å²) in [5.41, 5.74) is 1.46. The Morgan fingerprint density at radius 2 is 1.94 bits per heavy atom. The standard InChI is InChI=1S/C16H25N/c1-3-4-10-16(14-8-6-5-7-9-14)17-15-11-13(2)12-15/h5-9,13,15-17H,3-4,10-12H2,1-2H3. The van der Waals surface area contributed by atoms with Crippen molar-refractivity contribution in [2.24, 2.45) is 5.92 Å². The Morgan fingerprint density at radius 3 is 2.53 bits per heavy atom. The molecule has 2 rings (SSSR count). The molecule has 0 saturated heterocycles. The second-order valence-corrected chi connectivity index (χ2v) is 5.55. The van der Waals surface area contributed by atoms with E-state index in [2.05, 4.69) is 49.5 Å². The van der Waals surface area contributed by atoms with E-state index in [0.717, 1.165) is 12.0 Å². The van der Waals surface area contributed by atoms with Gasteiger partial charge in [0.25, 0.3) is 0 Å². The summed E-state index contributed by atoms with van der Waals surface area (Å²) >= 11 is 0. The van der Waals surface area contributed by atoms with Crippen molar-refractivity contribution in [3.8, 4) is 0 Å². The molecule has 0 bridgehead atoms. The van der Waals surface area contributed by atoms with E-state index in [1.165, 1.54) is 37.7 Å². The van der Waals surface area contributed by atoms with Crippen molar-refractivity contribution in [2.45, 2.75) is 58.0 Å². The number of rotatable bonds is 6. The summed E-state index contributed by atoms with van der Waals surface area (Å²) in [6.07, 6.45) is 6.58. The van der Waals surface area contributed by atoms with Crippen molar-refractivity contribution < 1.29 is 0 Å². The van der Waals surface area contributed by atoms with Crippen LogP contribution in [0.3, 0.4) is 0 Å². The molecule has 1 saturated carbocycles. The minimum Gasteiger partial charge on any atom is -0.307 e. The number of nitrogens with one attached hydrogen (secondary N) is 1. The van der Waals surface area contributed by atoms with Crippen LogP contribution in [0.5, 0.6) is 0 Å². The summed E-state index contributed by atoms with van der Waals surface area (Å²) in [6.45, 7) is 4.62. The van der Waals surface area contributed by atoms with E-state index in [9.17, 15) is 0 Å². The Hall–Kier alpha value is -0.820. The SMILES string of the molecule is CCCCC(NC1CC(C)C1)c1ccccc1. The third-order valence-electron chi connectivity index (χ3n) is 3.86. The first-order chi connectivity index (χ1) is 8.29. The van der Waals surface area contributed by atoms with Crippen LogP contribution >= 0.6 is 0 Å². The van der Waals surface area contributed by atoms with E-state index in [1.54, 1.807) is 0 Å². The molecule has 0 spiro atoms. The van der Waals surface area contributed by atoms with Crippen molar-refractivity contribution in [2.75, 3.05) is 0 Å². The van der Waals surface area contributed by atoms with Crippen LogP contribution in [-0.2, 0) is 0 Å².